The van der Waals surface area contributed by atoms with Gasteiger partial charge in [-0.3, -0.25) is 9.59 Å². The Bertz CT molecular complexity index is 485. The van der Waals surface area contributed by atoms with Crippen molar-refractivity contribution in [1.82, 2.24) is 10.6 Å². The molecule has 3 N–H and O–H groups in total. The zero-order valence-electron chi connectivity index (χ0n) is 10.5. The van der Waals surface area contributed by atoms with Gasteiger partial charge in [0.05, 0.1) is 6.04 Å². The van der Waals surface area contributed by atoms with E-state index < -0.39 is 0 Å². The Hall–Kier alpha value is -2.04. The van der Waals surface area contributed by atoms with Crippen molar-refractivity contribution in [2.45, 2.75) is 19.4 Å². The summed E-state index contributed by atoms with van der Waals surface area (Å²) < 4.78 is 0. The van der Waals surface area contributed by atoms with Crippen molar-refractivity contribution in [3.8, 4) is 0 Å². The molecule has 2 rings (SSSR count). The van der Waals surface area contributed by atoms with Crippen LogP contribution in [0.5, 0.6) is 0 Å². The van der Waals surface area contributed by atoms with Gasteiger partial charge < -0.3 is 16.0 Å². The zero-order chi connectivity index (χ0) is 13.1. The number of nitrogens with one attached hydrogen (secondary N) is 3. The molecule has 1 aromatic carbocycles. The lowest BCUT2D eigenvalue weighted by Crippen LogP contribution is -2.36. The van der Waals surface area contributed by atoms with Crippen molar-refractivity contribution in [3.63, 3.8) is 0 Å². The number of hydrogen-bond donors (Lipinski definition) is 3. The fourth-order valence-electron chi connectivity index (χ4n) is 2.06. The topological polar surface area (TPSA) is 70.2 Å². The SMILES string of the molecule is CNc1ccc(C(=O)NC2CNC(=O)C2)cc1C. The van der Waals surface area contributed by atoms with E-state index in [9.17, 15) is 9.59 Å². The molecule has 5 heteroatoms. The number of amides is 2. The smallest absolute Gasteiger partial charge is 0.251 e. The van der Waals surface area contributed by atoms with E-state index >= 15 is 0 Å². The van der Waals surface area contributed by atoms with E-state index in [-0.39, 0.29) is 17.9 Å². The lowest BCUT2D eigenvalue weighted by Gasteiger charge is -2.12. The Labute approximate surface area is 106 Å². The molecule has 0 saturated carbocycles. The molecule has 0 aliphatic carbocycles. The van der Waals surface area contributed by atoms with E-state index in [0.717, 1.165) is 11.3 Å². The van der Waals surface area contributed by atoms with Gasteiger partial charge in [0, 0.05) is 31.3 Å². The Balaban J connectivity index is 2.05. The molecule has 1 atom stereocenters. The Kier molecular flexibility index (Phi) is 3.50. The van der Waals surface area contributed by atoms with Crippen LogP contribution in [0.4, 0.5) is 5.69 Å². The van der Waals surface area contributed by atoms with Crippen LogP contribution in [0.2, 0.25) is 0 Å². The van der Waals surface area contributed by atoms with Gasteiger partial charge in [-0.15, -0.1) is 0 Å². The molecule has 1 unspecified atom stereocenters. The largest absolute Gasteiger partial charge is 0.388 e. The van der Waals surface area contributed by atoms with Gasteiger partial charge in [0.1, 0.15) is 0 Å². The van der Waals surface area contributed by atoms with Crippen LogP contribution < -0.4 is 16.0 Å². The fraction of sp³-hybridized carbons (Fsp3) is 0.385. The third-order valence-corrected chi connectivity index (χ3v) is 3.07. The Morgan fingerprint density at radius 3 is 2.78 bits per heavy atom. The van der Waals surface area contributed by atoms with E-state index in [0.29, 0.717) is 18.5 Å². The second kappa shape index (κ2) is 5.08. The summed E-state index contributed by atoms with van der Waals surface area (Å²) in [5.74, 6) is -0.149. The number of aryl methyl sites for hydroxylation is 1. The molecular formula is C13H17N3O2. The summed E-state index contributed by atoms with van der Waals surface area (Å²) >= 11 is 0. The first-order chi connectivity index (χ1) is 8.60. The maximum absolute atomic E-state index is 12.0. The third-order valence-electron chi connectivity index (χ3n) is 3.07. The molecule has 1 heterocycles. The van der Waals surface area contributed by atoms with Crippen LogP contribution >= 0.6 is 0 Å². The molecule has 0 bridgehead atoms. The van der Waals surface area contributed by atoms with Crippen molar-refractivity contribution >= 4 is 17.5 Å². The zero-order valence-corrected chi connectivity index (χ0v) is 10.5. The average molecular weight is 247 g/mol. The van der Waals surface area contributed by atoms with E-state index in [4.69, 9.17) is 0 Å². The minimum atomic E-state index is -0.137. The van der Waals surface area contributed by atoms with Crippen LogP contribution in [0, 0.1) is 6.92 Å². The maximum Gasteiger partial charge on any atom is 0.251 e. The second-order valence-corrected chi connectivity index (χ2v) is 4.46. The predicted molar refractivity (Wildman–Crippen MR) is 69.6 cm³/mol. The Morgan fingerprint density at radius 2 is 2.22 bits per heavy atom. The molecule has 1 fully saturated rings. The van der Waals surface area contributed by atoms with Crippen LogP contribution in [-0.2, 0) is 4.79 Å². The Morgan fingerprint density at radius 1 is 1.44 bits per heavy atom. The number of benzene rings is 1. The van der Waals surface area contributed by atoms with Crippen LogP contribution in [0.3, 0.4) is 0 Å². The van der Waals surface area contributed by atoms with Crippen LogP contribution in [0.1, 0.15) is 22.3 Å². The van der Waals surface area contributed by atoms with Crippen molar-refractivity contribution < 1.29 is 9.59 Å². The summed E-state index contributed by atoms with van der Waals surface area (Å²) in [5.41, 5.74) is 2.64. The van der Waals surface area contributed by atoms with E-state index in [1.54, 1.807) is 6.07 Å². The molecular weight excluding hydrogens is 230 g/mol. The minimum absolute atomic E-state index is 0.0120. The van der Waals surface area contributed by atoms with Gasteiger partial charge >= 0.3 is 0 Å². The number of carbonyl (C=O) groups excluding carboxylic acids is 2. The van der Waals surface area contributed by atoms with Crippen LogP contribution in [0.15, 0.2) is 18.2 Å². The molecule has 96 valence electrons. The van der Waals surface area contributed by atoms with Crippen LogP contribution in [0.25, 0.3) is 0 Å². The lowest BCUT2D eigenvalue weighted by molar-refractivity contribution is -0.119. The van der Waals surface area contributed by atoms with E-state index in [2.05, 4.69) is 16.0 Å². The highest BCUT2D eigenvalue weighted by Gasteiger charge is 2.23. The quantitative estimate of drug-likeness (QED) is 0.734. The molecule has 2 amide bonds. The highest BCUT2D eigenvalue weighted by Crippen LogP contribution is 2.16. The molecule has 5 nitrogen and oxygen atoms in total. The van der Waals surface area contributed by atoms with Crippen molar-refractivity contribution in [2.24, 2.45) is 0 Å². The van der Waals surface area contributed by atoms with Gasteiger partial charge in [0.15, 0.2) is 0 Å². The number of hydrogen-bond acceptors (Lipinski definition) is 3. The first kappa shape index (κ1) is 12.4. The summed E-state index contributed by atoms with van der Waals surface area (Å²) in [4.78, 5) is 23.0. The standard InChI is InChI=1S/C13H17N3O2/c1-8-5-9(3-4-11(8)14-2)13(18)16-10-6-12(17)15-7-10/h3-5,10,14H,6-7H2,1-2H3,(H,15,17)(H,16,18). The van der Waals surface area contributed by atoms with Gasteiger partial charge in [-0.25, -0.2) is 0 Å². The summed E-state index contributed by atoms with van der Waals surface area (Å²) in [5, 5.41) is 8.59. The van der Waals surface area contributed by atoms with Gasteiger partial charge in [-0.1, -0.05) is 0 Å². The predicted octanol–water partition coefficient (Wildman–Crippen LogP) is 0.655. The second-order valence-electron chi connectivity index (χ2n) is 4.46. The van der Waals surface area contributed by atoms with Crippen LogP contribution in [-0.4, -0.2) is 31.4 Å². The summed E-state index contributed by atoms with van der Waals surface area (Å²) in [6.07, 6.45) is 0.360. The highest BCUT2D eigenvalue weighted by atomic mass is 16.2. The molecule has 1 aliphatic heterocycles. The van der Waals surface area contributed by atoms with Gasteiger partial charge in [0.25, 0.3) is 5.91 Å². The molecule has 1 saturated heterocycles. The normalized spacial score (nSPS) is 18.3. The van der Waals surface area contributed by atoms with Crippen molar-refractivity contribution in [3.05, 3.63) is 29.3 Å². The first-order valence-corrected chi connectivity index (χ1v) is 5.96. The minimum Gasteiger partial charge on any atom is -0.388 e. The molecule has 0 radical (unpaired) electrons. The summed E-state index contributed by atoms with van der Waals surface area (Å²) in [6, 6.07) is 5.39. The number of carbonyl (C=O) groups is 2. The summed E-state index contributed by atoms with van der Waals surface area (Å²) in [6.45, 7) is 2.46. The van der Waals surface area contributed by atoms with Gasteiger partial charge in [-0.05, 0) is 30.7 Å². The van der Waals surface area contributed by atoms with Crippen molar-refractivity contribution in [1.29, 1.82) is 0 Å². The maximum atomic E-state index is 12.0. The fourth-order valence-corrected chi connectivity index (χ4v) is 2.06. The lowest BCUT2D eigenvalue weighted by atomic mass is 10.1. The van der Waals surface area contributed by atoms with Crippen molar-refractivity contribution in [2.75, 3.05) is 18.9 Å². The van der Waals surface area contributed by atoms with E-state index in [1.807, 2.05) is 26.1 Å². The third kappa shape index (κ3) is 2.61. The summed E-state index contributed by atoms with van der Waals surface area (Å²) in [7, 11) is 1.85. The molecule has 0 aromatic heterocycles. The average Bonchev–Trinajstić information content (AvgIpc) is 2.74. The first-order valence-electron chi connectivity index (χ1n) is 5.96. The monoisotopic (exact) mass is 247 g/mol. The molecule has 0 spiro atoms. The number of rotatable bonds is 3. The van der Waals surface area contributed by atoms with Gasteiger partial charge in [-0.2, -0.15) is 0 Å². The molecule has 1 aromatic rings. The molecule has 18 heavy (non-hydrogen) atoms. The highest BCUT2D eigenvalue weighted by molar-refractivity contribution is 5.95. The van der Waals surface area contributed by atoms with Gasteiger partial charge in [0.2, 0.25) is 5.91 Å². The number of anilines is 1. The molecule has 1 aliphatic rings. The van der Waals surface area contributed by atoms with E-state index in [1.165, 1.54) is 0 Å².